The highest BCUT2D eigenvalue weighted by Gasteiger charge is 2.13. The van der Waals surface area contributed by atoms with Crippen molar-refractivity contribution in [3.8, 4) is 22.3 Å². The van der Waals surface area contributed by atoms with E-state index in [2.05, 4.69) is 13.0 Å². The van der Waals surface area contributed by atoms with E-state index >= 15 is 4.39 Å². The number of aryl methyl sites for hydroxylation is 1. The van der Waals surface area contributed by atoms with Crippen LogP contribution in [0.25, 0.3) is 33.0 Å². The molecule has 0 saturated carbocycles. The molecule has 4 rings (SSSR count). The molecule has 0 atom stereocenters. The average molecular weight is 421 g/mol. The van der Waals surface area contributed by atoms with Gasteiger partial charge in [0.05, 0.1) is 0 Å². The molecule has 152 valence electrons. The Labute approximate surface area is 181 Å². The summed E-state index contributed by atoms with van der Waals surface area (Å²) in [5, 5.41) is 2.04. The fourth-order valence-corrected chi connectivity index (χ4v) is 3.97. The lowest BCUT2D eigenvalue weighted by Gasteiger charge is -2.11. The Morgan fingerprint density at radius 1 is 0.733 bits per heavy atom. The fourth-order valence-electron chi connectivity index (χ4n) is 3.85. The minimum absolute atomic E-state index is 0.314. The number of fused-ring (bicyclic) bond motifs is 1. The first-order valence-corrected chi connectivity index (χ1v) is 10.7. The lowest BCUT2D eigenvalue weighted by molar-refractivity contribution is 0.630. The zero-order chi connectivity index (χ0) is 21.1. The van der Waals surface area contributed by atoms with Gasteiger partial charge < -0.3 is 0 Å². The van der Waals surface area contributed by atoms with Crippen molar-refractivity contribution in [1.29, 1.82) is 0 Å². The smallest absolute Gasteiger partial charge is 0.138 e. The maximum Gasteiger partial charge on any atom is 0.138 e. The number of hydrogen-bond acceptors (Lipinski definition) is 0. The van der Waals surface area contributed by atoms with Crippen LogP contribution in [0.15, 0.2) is 72.8 Å². The van der Waals surface area contributed by atoms with Gasteiger partial charge in [-0.15, -0.1) is 0 Å². The molecule has 0 aromatic heterocycles. The Bertz CT molecular complexity index is 1180. The predicted molar refractivity (Wildman–Crippen MR) is 123 cm³/mol. The van der Waals surface area contributed by atoms with E-state index < -0.39 is 0 Å². The fraction of sp³-hybridized carbons (Fsp3) is 0.185. The van der Waals surface area contributed by atoms with Crippen molar-refractivity contribution in [2.75, 3.05) is 0 Å². The van der Waals surface area contributed by atoms with Crippen LogP contribution in [0.5, 0.6) is 0 Å². The van der Waals surface area contributed by atoms with Crippen molar-refractivity contribution in [3.05, 3.63) is 95.0 Å². The van der Waals surface area contributed by atoms with Gasteiger partial charge in [-0.1, -0.05) is 86.0 Å². The number of halogens is 3. The lowest BCUT2D eigenvalue weighted by atomic mass is 9.96. The first-order valence-electron chi connectivity index (χ1n) is 10.3. The van der Waals surface area contributed by atoms with Gasteiger partial charge in [0.15, 0.2) is 0 Å². The van der Waals surface area contributed by atoms with Gasteiger partial charge in [0.1, 0.15) is 11.6 Å². The summed E-state index contributed by atoms with van der Waals surface area (Å²) >= 11 is 5.92. The third kappa shape index (κ3) is 4.24. The molecule has 0 aliphatic carbocycles. The van der Waals surface area contributed by atoms with Crippen molar-refractivity contribution in [2.45, 2.75) is 32.6 Å². The van der Waals surface area contributed by atoms with E-state index in [9.17, 15) is 4.39 Å². The van der Waals surface area contributed by atoms with E-state index in [1.807, 2.05) is 18.2 Å². The molecular weight excluding hydrogens is 398 g/mol. The molecule has 3 heteroatoms. The quantitative estimate of drug-likeness (QED) is 0.273. The molecule has 0 unspecified atom stereocenters. The van der Waals surface area contributed by atoms with Gasteiger partial charge in [0.2, 0.25) is 0 Å². The molecule has 0 radical (unpaired) electrons. The summed E-state index contributed by atoms with van der Waals surface area (Å²) in [6.45, 7) is 2.18. The number of benzene rings is 4. The molecule has 0 bridgehead atoms. The minimum Gasteiger partial charge on any atom is -0.206 e. The van der Waals surface area contributed by atoms with Crippen molar-refractivity contribution >= 4 is 22.4 Å². The van der Waals surface area contributed by atoms with E-state index in [0.29, 0.717) is 27.1 Å². The largest absolute Gasteiger partial charge is 0.206 e. The highest BCUT2D eigenvalue weighted by molar-refractivity contribution is 6.30. The highest BCUT2D eigenvalue weighted by atomic mass is 35.5. The molecule has 0 aliphatic heterocycles. The second-order valence-corrected chi connectivity index (χ2v) is 8.08. The van der Waals surface area contributed by atoms with E-state index in [4.69, 9.17) is 11.6 Å². The molecule has 0 fully saturated rings. The van der Waals surface area contributed by atoms with Crippen LogP contribution in [-0.4, -0.2) is 0 Å². The SMILES string of the molecule is CCCCCc1ccc2c(F)c(-c3ccc(-c4ccc(Cl)cc4)c(F)c3)ccc2c1. The third-order valence-electron chi connectivity index (χ3n) is 5.52. The Hall–Kier alpha value is -2.71. The average Bonchev–Trinajstić information content (AvgIpc) is 2.75. The molecule has 0 heterocycles. The second kappa shape index (κ2) is 8.97. The van der Waals surface area contributed by atoms with E-state index in [1.54, 1.807) is 42.5 Å². The molecule has 30 heavy (non-hydrogen) atoms. The topological polar surface area (TPSA) is 0 Å². The van der Waals surface area contributed by atoms with Gasteiger partial charge in [-0.25, -0.2) is 8.78 Å². The second-order valence-electron chi connectivity index (χ2n) is 7.64. The van der Waals surface area contributed by atoms with E-state index in [1.165, 1.54) is 24.5 Å². The van der Waals surface area contributed by atoms with Gasteiger partial charge >= 0.3 is 0 Å². The third-order valence-corrected chi connectivity index (χ3v) is 5.77. The summed E-state index contributed by atoms with van der Waals surface area (Å²) < 4.78 is 30.1. The normalized spacial score (nSPS) is 11.2. The van der Waals surface area contributed by atoms with Crippen LogP contribution in [0.3, 0.4) is 0 Å². The molecule has 0 spiro atoms. The van der Waals surface area contributed by atoms with Gasteiger partial charge in [-0.2, -0.15) is 0 Å². The molecule has 0 amide bonds. The summed E-state index contributed by atoms with van der Waals surface area (Å²) in [4.78, 5) is 0. The molecule has 0 aliphatic rings. The highest BCUT2D eigenvalue weighted by Crippen LogP contribution is 2.33. The van der Waals surface area contributed by atoms with Gasteiger partial charge in [-0.05, 0) is 53.1 Å². The van der Waals surface area contributed by atoms with Gasteiger partial charge in [-0.3, -0.25) is 0 Å². The minimum atomic E-state index is -0.388. The Balaban J connectivity index is 1.67. The summed E-state index contributed by atoms with van der Waals surface area (Å²) in [5.74, 6) is -0.702. The summed E-state index contributed by atoms with van der Waals surface area (Å²) in [6.07, 6.45) is 4.52. The molecule has 4 aromatic carbocycles. The van der Waals surface area contributed by atoms with Crippen LogP contribution in [0, 0.1) is 11.6 Å². The Morgan fingerprint density at radius 3 is 2.20 bits per heavy atom. The van der Waals surface area contributed by atoms with Crippen LogP contribution in [0.4, 0.5) is 8.78 Å². The summed E-state index contributed by atoms with van der Waals surface area (Å²) in [6, 6.07) is 21.4. The van der Waals surface area contributed by atoms with Crippen LogP contribution < -0.4 is 0 Å². The maximum atomic E-state index is 15.3. The molecule has 4 aromatic rings. The van der Waals surface area contributed by atoms with Gasteiger partial charge in [0.25, 0.3) is 0 Å². The monoisotopic (exact) mass is 420 g/mol. The molecule has 0 N–H and O–H groups in total. The zero-order valence-electron chi connectivity index (χ0n) is 16.9. The molecule has 0 nitrogen and oxygen atoms in total. The van der Waals surface area contributed by atoms with Crippen LogP contribution in [-0.2, 0) is 6.42 Å². The summed E-state index contributed by atoms with van der Waals surface area (Å²) in [5.41, 5.74) is 3.35. The standard InChI is InChI=1S/C27H23ClF2/c1-2-3-4-5-18-6-13-24-20(16-18)10-15-25(27(24)30)21-9-14-23(26(29)17-21)19-7-11-22(28)12-8-19/h6-17H,2-5H2,1H3. The predicted octanol–water partition coefficient (Wildman–Crippen LogP) is 8.84. The number of unbranched alkanes of at least 4 members (excludes halogenated alkanes) is 2. The van der Waals surface area contributed by atoms with Crippen LogP contribution in [0.2, 0.25) is 5.02 Å². The van der Waals surface area contributed by atoms with Crippen LogP contribution in [0.1, 0.15) is 31.7 Å². The van der Waals surface area contributed by atoms with Crippen molar-refractivity contribution in [2.24, 2.45) is 0 Å². The van der Waals surface area contributed by atoms with Crippen molar-refractivity contribution in [3.63, 3.8) is 0 Å². The number of rotatable bonds is 6. The van der Waals surface area contributed by atoms with Gasteiger partial charge in [0, 0.05) is 21.5 Å². The van der Waals surface area contributed by atoms with E-state index in [0.717, 1.165) is 23.8 Å². The first-order chi connectivity index (χ1) is 14.6. The molecule has 0 saturated heterocycles. The molecular formula is C27H23ClF2. The first kappa shape index (κ1) is 20.6. The maximum absolute atomic E-state index is 15.3. The lowest BCUT2D eigenvalue weighted by Crippen LogP contribution is -1.92. The zero-order valence-corrected chi connectivity index (χ0v) is 17.6. The van der Waals surface area contributed by atoms with E-state index in [-0.39, 0.29) is 11.6 Å². The van der Waals surface area contributed by atoms with Crippen molar-refractivity contribution < 1.29 is 8.78 Å². The van der Waals surface area contributed by atoms with Crippen LogP contribution >= 0.6 is 11.6 Å². The Morgan fingerprint density at radius 2 is 1.47 bits per heavy atom. The van der Waals surface area contributed by atoms with Crippen molar-refractivity contribution in [1.82, 2.24) is 0 Å². The Kier molecular flexibility index (Phi) is 6.15. The summed E-state index contributed by atoms with van der Waals surface area (Å²) in [7, 11) is 0. The number of hydrogen-bond donors (Lipinski definition) is 0.